The first kappa shape index (κ1) is 23.5. The summed E-state index contributed by atoms with van der Waals surface area (Å²) < 4.78 is 0. The van der Waals surface area contributed by atoms with Gasteiger partial charge in [-0.05, 0) is 37.4 Å². The maximum absolute atomic E-state index is 13.5. The maximum Gasteiger partial charge on any atom is 0.326 e. The third-order valence-corrected chi connectivity index (χ3v) is 6.12. The SMILES string of the molecule is CN[C@@H](Cc1ccccc1)C(=O)N(C)[C@@H](Cc1ccccc1)C(=O)N1CCC[C@H]1C(=O)O. The Morgan fingerprint density at radius 2 is 1.59 bits per heavy atom. The topological polar surface area (TPSA) is 90.0 Å². The van der Waals surface area contributed by atoms with Crippen molar-refractivity contribution in [3.8, 4) is 0 Å². The molecule has 3 atom stereocenters. The highest BCUT2D eigenvalue weighted by Gasteiger charge is 2.40. The Morgan fingerprint density at radius 1 is 1.03 bits per heavy atom. The van der Waals surface area contributed by atoms with Crippen LogP contribution in [0.2, 0.25) is 0 Å². The van der Waals surface area contributed by atoms with Crippen LogP contribution in [-0.4, -0.2) is 71.5 Å². The number of amides is 2. The van der Waals surface area contributed by atoms with Gasteiger partial charge in [-0.2, -0.15) is 0 Å². The second kappa shape index (κ2) is 10.9. The lowest BCUT2D eigenvalue weighted by molar-refractivity contribution is -0.152. The number of aliphatic carboxylic acids is 1. The molecule has 7 heteroatoms. The van der Waals surface area contributed by atoms with Gasteiger partial charge in [-0.3, -0.25) is 9.59 Å². The molecule has 0 saturated carbocycles. The number of hydrogen-bond donors (Lipinski definition) is 2. The number of hydrogen-bond acceptors (Lipinski definition) is 4. The van der Waals surface area contributed by atoms with Crippen LogP contribution in [0.3, 0.4) is 0 Å². The average molecular weight is 438 g/mol. The summed E-state index contributed by atoms with van der Waals surface area (Å²) in [6.07, 6.45) is 1.90. The van der Waals surface area contributed by atoms with Gasteiger partial charge in [0.2, 0.25) is 11.8 Å². The van der Waals surface area contributed by atoms with Crippen LogP contribution in [0.1, 0.15) is 24.0 Å². The summed E-state index contributed by atoms with van der Waals surface area (Å²) in [5.74, 6) is -1.51. The summed E-state index contributed by atoms with van der Waals surface area (Å²) in [6, 6.07) is 17.1. The Morgan fingerprint density at radius 3 is 2.12 bits per heavy atom. The molecule has 32 heavy (non-hydrogen) atoms. The normalized spacial score (nSPS) is 17.6. The van der Waals surface area contributed by atoms with E-state index >= 15 is 0 Å². The fourth-order valence-corrected chi connectivity index (χ4v) is 4.27. The van der Waals surface area contributed by atoms with Crippen molar-refractivity contribution >= 4 is 17.8 Å². The summed E-state index contributed by atoms with van der Waals surface area (Å²) in [6.45, 7) is 0.391. The van der Waals surface area contributed by atoms with Crippen LogP contribution in [0.15, 0.2) is 60.7 Å². The van der Waals surface area contributed by atoms with Crippen molar-refractivity contribution in [3.63, 3.8) is 0 Å². The summed E-state index contributed by atoms with van der Waals surface area (Å²) in [5, 5.41) is 12.6. The van der Waals surface area contributed by atoms with Gasteiger partial charge in [-0.1, -0.05) is 60.7 Å². The zero-order valence-electron chi connectivity index (χ0n) is 18.6. The smallest absolute Gasteiger partial charge is 0.326 e. The number of benzene rings is 2. The van der Waals surface area contributed by atoms with Crippen molar-refractivity contribution in [2.75, 3.05) is 20.6 Å². The standard InChI is InChI=1S/C25H31N3O4/c1-26-20(16-18-10-5-3-6-11-18)23(29)27(2)22(17-19-12-7-4-8-13-19)24(30)28-15-9-14-21(28)25(31)32/h3-8,10-13,20-22,26H,9,14-17H2,1-2H3,(H,31,32)/t20-,21-,22-/m0/s1. The highest BCUT2D eigenvalue weighted by atomic mass is 16.4. The summed E-state index contributed by atoms with van der Waals surface area (Å²) >= 11 is 0. The van der Waals surface area contributed by atoms with E-state index in [2.05, 4.69) is 5.32 Å². The van der Waals surface area contributed by atoms with Gasteiger partial charge >= 0.3 is 5.97 Å². The van der Waals surface area contributed by atoms with Crippen LogP contribution < -0.4 is 5.32 Å². The van der Waals surface area contributed by atoms with Gasteiger partial charge < -0.3 is 20.2 Å². The second-order valence-corrected chi connectivity index (χ2v) is 8.21. The Bertz CT molecular complexity index is 919. The van der Waals surface area contributed by atoms with E-state index in [0.29, 0.717) is 32.2 Å². The first-order valence-corrected chi connectivity index (χ1v) is 11.0. The van der Waals surface area contributed by atoms with Gasteiger partial charge in [-0.15, -0.1) is 0 Å². The van der Waals surface area contributed by atoms with Crippen LogP contribution in [0.4, 0.5) is 0 Å². The van der Waals surface area contributed by atoms with Crippen molar-refractivity contribution in [3.05, 3.63) is 71.8 Å². The minimum atomic E-state index is -1.000. The summed E-state index contributed by atoms with van der Waals surface area (Å²) in [7, 11) is 3.36. The highest BCUT2D eigenvalue weighted by molar-refractivity contribution is 5.92. The zero-order valence-corrected chi connectivity index (χ0v) is 18.6. The Kier molecular flexibility index (Phi) is 8.00. The molecule has 2 amide bonds. The third kappa shape index (κ3) is 5.53. The number of nitrogens with one attached hydrogen (secondary N) is 1. The van der Waals surface area contributed by atoms with Gasteiger partial charge in [0.1, 0.15) is 12.1 Å². The molecule has 0 radical (unpaired) electrons. The number of carbonyl (C=O) groups is 3. The second-order valence-electron chi connectivity index (χ2n) is 8.21. The van der Waals surface area contributed by atoms with Gasteiger partial charge in [0, 0.05) is 20.0 Å². The minimum Gasteiger partial charge on any atom is -0.480 e. The van der Waals surface area contributed by atoms with Gasteiger partial charge in [0.05, 0.1) is 6.04 Å². The predicted octanol–water partition coefficient (Wildman–Crippen LogP) is 1.96. The average Bonchev–Trinajstić information content (AvgIpc) is 3.31. The molecule has 1 heterocycles. The van der Waals surface area contributed by atoms with Crippen LogP contribution in [-0.2, 0) is 27.2 Å². The maximum atomic E-state index is 13.5. The molecule has 0 aliphatic carbocycles. The number of carbonyl (C=O) groups excluding carboxylic acids is 2. The molecule has 2 aromatic rings. The summed E-state index contributed by atoms with van der Waals surface area (Å²) in [5.41, 5.74) is 1.94. The molecule has 3 rings (SSSR count). The van der Waals surface area contributed by atoms with E-state index in [1.54, 1.807) is 14.1 Å². The molecule has 0 bridgehead atoms. The number of rotatable bonds is 9. The van der Waals surface area contributed by atoms with Crippen molar-refractivity contribution < 1.29 is 19.5 Å². The fraction of sp³-hybridized carbons (Fsp3) is 0.400. The molecular formula is C25H31N3O4. The first-order chi connectivity index (χ1) is 15.4. The monoisotopic (exact) mass is 437 g/mol. The predicted molar refractivity (Wildman–Crippen MR) is 122 cm³/mol. The third-order valence-electron chi connectivity index (χ3n) is 6.12. The fourth-order valence-electron chi connectivity index (χ4n) is 4.27. The number of carboxylic acids is 1. The van der Waals surface area contributed by atoms with Crippen molar-refractivity contribution in [1.29, 1.82) is 0 Å². The minimum absolute atomic E-state index is 0.197. The quantitative estimate of drug-likeness (QED) is 0.626. The molecule has 1 saturated heterocycles. The van der Waals surface area contributed by atoms with Crippen molar-refractivity contribution in [2.24, 2.45) is 0 Å². The van der Waals surface area contributed by atoms with E-state index < -0.39 is 24.1 Å². The van der Waals surface area contributed by atoms with Crippen LogP contribution in [0.25, 0.3) is 0 Å². The number of likely N-dealkylation sites (tertiary alicyclic amines) is 1. The van der Waals surface area contributed by atoms with Crippen LogP contribution in [0, 0.1) is 0 Å². The van der Waals surface area contributed by atoms with Gasteiger partial charge in [0.25, 0.3) is 0 Å². The Labute approximate surface area is 189 Å². The van der Waals surface area contributed by atoms with Crippen molar-refractivity contribution in [2.45, 2.75) is 43.8 Å². The molecule has 2 aromatic carbocycles. The first-order valence-electron chi connectivity index (χ1n) is 11.0. The number of nitrogens with zero attached hydrogens (tertiary/aromatic N) is 2. The zero-order chi connectivity index (χ0) is 23.1. The molecule has 2 N–H and O–H groups in total. The molecule has 7 nitrogen and oxygen atoms in total. The van der Waals surface area contributed by atoms with Crippen molar-refractivity contribution in [1.82, 2.24) is 15.1 Å². The number of likely N-dealkylation sites (N-methyl/N-ethyl adjacent to an activating group) is 2. The van der Waals surface area contributed by atoms with Gasteiger partial charge in [0.15, 0.2) is 0 Å². The Balaban J connectivity index is 1.84. The molecule has 0 unspecified atom stereocenters. The van der Waals surface area contributed by atoms with E-state index in [1.807, 2.05) is 60.7 Å². The van der Waals surface area contributed by atoms with E-state index in [0.717, 1.165) is 11.1 Å². The lowest BCUT2D eigenvalue weighted by Crippen LogP contribution is -2.56. The van der Waals surface area contributed by atoms with Crippen LogP contribution in [0.5, 0.6) is 0 Å². The van der Waals surface area contributed by atoms with E-state index in [1.165, 1.54) is 9.80 Å². The molecule has 1 aliphatic heterocycles. The highest BCUT2D eigenvalue weighted by Crippen LogP contribution is 2.22. The Hall–Kier alpha value is -3.19. The summed E-state index contributed by atoms with van der Waals surface area (Å²) in [4.78, 5) is 41.5. The van der Waals surface area contributed by atoms with E-state index in [-0.39, 0.29) is 11.8 Å². The number of carboxylic acid groups (broad SMARTS) is 1. The molecule has 1 aliphatic rings. The molecule has 170 valence electrons. The molecule has 0 spiro atoms. The lowest BCUT2D eigenvalue weighted by Gasteiger charge is -2.34. The molecule has 1 fully saturated rings. The largest absolute Gasteiger partial charge is 0.480 e. The lowest BCUT2D eigenvalue weighted by atomic mass is 10.0. The molecule has 0 aromatic heterocycles. The van der Waals surface area contributed by atoms with E-state index in [4.69, 9.17) is 0 Å². The van der Waals surface area contributed by atoms with Gasteiger partial charge in [-0.25, -0.2) is 4.79 Å². The van der Waals surface area contributed by atoms with Crippen LogP contribution >= 0.6 is 0 Å². The molecular weight excluding hydrogens is 406 g/mol. The van der Waals surface area contributed by atoms with E-state index in [9.17, 15) is 19.5 Å².